The predicted octanol–water partition coefficient (Wildman–Crippen LogP) is 2.03. The van der Waals surface area contributed by atoms with Crippen molar-refractivity contribution in [3.8, 4) is 5.75 Å². The van der Waals surface area contributed by atoms with Gasteiger partial charge in [-0.15, -0.1) is 0 Å². The molecule has 7 heteroatoms. The summed E-state index contributed by atoms with van der Waals surface area (Å²) in [6.07, 6.45) is 0.788. The van der Waals surface area contributed by atoms with Crippen LogP contribution < -0.4 is 9.46 Å². The lowest BCUT2D eigenvalue weighted by Gasteiger charge is -2.11. The first-order chi connectivity index (χ1) is 9.49. The Kier molecular flexibility index (Phi) is 2.93. The van der Waals surface area contributed by atoms with Crippen LogP contribution in [0.4, 0.5) is 5.69 Å². The number of nitrogens with zero attached hydrogens (tertiary/aromatic N) is 1. The Labute approximate surface area is 116 Å². The lowest BCUT2D eigenvalue weighted by atomic mass is 10.1. The molecule has 1 N–H and O–H groups in total. The minimum Gasteiger partial charge on any atom is -0.491 e. The number of aromatic nitrogens is 1. The normalized spacial score (nSPS) is 13.9. The summed E-state index contributed by atoms with van der Waals surface area (Å²) >= 11 is 0. The highest BCUT2D eigenvalue weighted by Crippen LogP contribution is 2.35. The molecule has 0 aliphatic carbocycles. The molecule has 0 spiro atoms. The fraction of sp³-hybridized carbons (Fsp3) is 0.308. The first-order valence-electron chi connectivity index (χ1n) is 6.19. The molecule has 1 aliphatic rings. The van der Waals surface area contributed by atoms with E-state index in [1.165, 1.54) is 0 Å². The molecule has 0 radical (unpaired) electrons. The summed E-state index contributed by atoms with van der Waals surface area (Å²) in [6, 6.07) is 5.41. The molecular formula is C13H14N2O4S. The minimum absolute atomic E-state index is 0.0769. The van der Waals surface area contributed by atoms with Gasteiger partial charge in [0.05, 0.1) is 12.3 Å². The van der Waals surface area contributed by atoms with Gasteiger partial charge < -0.3 is 9.26 Å². The van der Waals surface area contributed by atoms with E-state index < -0.39 is 10.0 Å². The maximum Gasteiger partial charge on any atom is 0.267 e. The summed E-state index contributed by atoms with van der Waals surface area (Å²) in [6.45, 7) is 3.73. The number of anilines is 1. The molecular weight excluding hydrogens is 280 g/mol. The number of ether oxygens (including phenoxy) is 1. The van der Waals surface area contributed by atoms with Gasteiger partial charge in [0.15, 0.2) is 10.7 Å². The fourth-order valence-electron chi connectivity index (χ4n) is 2.35. The van der Waals surface area contributed by atoms with Crippen molar-refractivity contribution >= 4 is 15.7 Å². The quantitative estimate of drug-likeness (QED) is 0.936. The van der Waals surface area contributed by atoms with Gasteiger partial charge in [-0.1, -0.05) is 17.3 Å². The number of fused-ring (bicyclic) bond motifs is 1. The van der Waals surface area contributed by atoms with E-state index in [0.717, 1.165) is 12.0 Å². The van der Waals surface area contributed by atoms with Gasteiger partial charge >= 0.3 is 0 Å². The topological polar surface area (TPSA) is 81.4 Å². The number of nitrogens with one attached hydrogen (secondary N) is 1. The third-order valence-corrected chi connectivity index (χ3v) is 4.80. The zero-order chi connectivity index (χ0) is 14.3. The van der Waals surface area contributed by atoms with Gasteiger partial charge in [0.2, 0.25) is 0 Å². The van der Waals surface area contributed by atoms with Gasteiger partial charge in [-0.25, -0.2) is 8.42 Å². The molecule has 0 fully saturated rings. The van der Waals surface area contributed by atoms with E-state index in [0.29, 0.717) is 23.7 Å². The Bertz CT molecular complexity index is 745. The summed E-state index contributed by atoms with van der Waals surface area (Å²) in [5.74, 6) is 0.867. The average Bonchev–Trinajstić information content (AvgIpc) is 2.96. The second-order valence-corrected chi connectivity index (χ2v) is 6.27. The van der Waals surface area contributed by atoms with Gasteiger partial charge in [-0.05, 0) is 25.5 Å². The summed E-state index contributed by atoms with van der Waals surface area (Å²) in [4.78, 5) is 0.0769. The van der Waals surface area contributed by atoms with Gasteiger partial charge in [0, 0.05) is 6.42 Å². The highest BCUT2D eigenvalue weighted by atomic mass is 32.2. The molecule has 0 unspecified atom stereocenters. The molecule has 1 aromatic heterocycles. The average molecular weight is 294 g/mol. The summed E-state index contributed by atoms with van der Waals surface area (Å²) in [7, 11) is -3.74. The van der Waals surface area contributed by atoms with Crippen LogP contribution in [-0.4, -0.2) is 20.2 Å². The van der Waals surface area contributed by atoms with Crippen LogP contribution in [0.25, 0.3) is 0 Å². The molecule has 0 saturated carbocycles. The van der Waals surface area contributed by atoms with Crippen molar-refractivity contribution in [2.45, 2.75) is 25.2 Å². The van der Waals surface area contributed by atoms with Crippen molar-refractivity contribution in [2.24, 2.45) is 0 Å². The van der Waals surface area contributed by atoms with Crippen molar-refractivity contribution in [3.63, 3.8) is 0 Å². The predicted molar refractivity (Wildman–Crippen MR) is 72.4 cm³/mol. The van der Waals surface area contributed by atoms with E-state index in [1.54, 1.807) is 26.0 Å². The number of sulfonamides is 1. The molecule has 0 atom stereocenters. The van der Waals surface area contributed by atoms with Crippen molar-refractivity contribution in [3.05, 3.63) is 35.2 Å². The zero-order valence-corrected chi connectivity index (χ0v) is 12.0. The number of benzene rings is 1. The SMILES string of the molecule is Cc1noc(C)c1S(=O)(=O)Nc1cccc2c1OCC2. The van der Waals surface area contributed by atoms with E-state index in [-0.39, 0.29) is 10.7 Å². The maximum atomic E-state index is 12.4. The van der Waals surface area contributed by atoms with Gasteiger partial charge in [-0.3, -0.25) is 4.72 Å². The van der Waals surface area contributed by atoms with E-state index >= 15 is 0 Å². The van der Waals surface area contributed by atoms with Gasteiger partial charge in [-0.2, -0.15) is 0 Å². The molecule has 0 amide bonds. The largest absolute Gasteiger partial charge is 0.491 e. The summed E-state index contributed by atoms with van der Waals surface area (Å²) < 4.78 is 37.8. The van der Waals surface area contributed by atoms with Crippen LogP contribution in [0, 0.1) is 13.8 Å². The maximum absolute atomic E-state index is 12.4. The molecule has 1 aliphatic heterocycles. The van der Waals surface area contributed by atoms with E-state index in [2.05, 4.69) is 9.88 Å². The highest BCUT2D eigenvalue weighted by molar-refractivity contribution is 7.92. The molecule has 2 heterocycles. The second kappa shape index (κ2) is 4.52. The van der Waals surface area contributed by atoms with Crippen LogP contribution in [-0.2, 0) is 16.4 Å². The Morgan fingerprint density at radius 2 is 2.10 bits per heavy atom. The monoisotopic (exact) mass is 294 g/mol. The number of rotatable bonds is 3. The minimum atomic E-state index is -3.74. The van der Waals surface area contributed by atoms with Crippen LogP contribution in [0.15, 0.2) is 27.6 Å². The first-order valence-corrected chi connectivity index (χ1v) is 7.68. The van der Waals surface area contributed by atoms with Crippen molar-refractivity contribution < 1.29 is 17.7 Å². The van der Waals surface area contributed by atoms with Crippen LogP contribution in [0.2, 0.25) is 0 Å². The molecule has 2 aromatic rings. The number of hydrogen-bond acceptors (Lipinski definition) is 5. The number of para-hydroxylation sites is 1. The third-order valence-electron chi connectivity index (χ3n) is 3.20. The molecule has 0 bridgehead atoms. The van der Waals surface area contributed by atoms with Crippen LogP contribution in [0.1, 0.15) is 17.0 Å². The Morgan fingerprint density at radius 3 is 2.80 bits per heavy atom. The van der Waals surface area contributed by atoms with Gasteiger partial charge in [0.25, 0.3) is 10.0 Å². The smallest absolute Gasteiger partial charge is 0.267 e. The summed E-state index contributed by atoms with van der Waals surface area (Å²) in [5.41, 5.74) is 1.78. The van der Waals surface area contributed by atoms with Crippen LogP contribution in [0.5, 0.6) is 5.75 Å². The molecule has 0 saturated heterocycles. The van der Waals surface area contributed by atoms with Crippen molar-refractivity contribution in [1.29, 1.82) is 0 Å². The molecule has 3 rings (SSSR count). The first kappa shape index (κ1) is 13.0. The van der Waals surface area contributed by atoms with Gasteiger partial charge in [0.1, 0.15) is 11.4 Å². The Balaban J connectivity index is 2.02. The lowest BCUT2D eigenvalue weighted by molar-refractivity contribution is 0.358. The second-order valence-electron chi connectivity index (χ2n) is 4.65. The number of aryl methyl sites for hydroxylation is 2. The third kappa shape index (κ3) is 2.03. The Morgan fingerprint density at radius 1 is 1.30 bits per heavy atom. The highest BCUT2D eigenvalue weighted by Gasteiger charge is 2.26. The van der Waals surface area contributed by atoms with E-state index in [9.17, 15) is 8.42 Å². The van der Waals surface area contributed by atoms with E-state index in [4.69, 9.17) is 9.26 Å². The van der Waals surface area contributed by atoms with Crippen LogP contribution in [0.3, 0.4) is 0 Å². The van der Waals surface area contributed by atoms with E-state index in [1.807, 2.05) is 6.07 Å². The lowest BCUT2D eigenvalue weighted by Crippen LogP contribution is -2.15. The summed E-state index contributed by atoms with van der Waals surface area (Å²) in [5, 5.41) is 3.67. The molecule has 6 nitrogen and oxygen atoms in total. The molecule has 106 valence electrons. The fourth-order valence-corrected chi connectivity index (χ4v) is 3.74. The molecule has 20 heavy (non-hydrogen) atoms. The standard InChI is InChI=1S/C13H14N2O4S/c1-8-13(9(2)19-14-8)20(16,17)15-11-5-3-4-10-6-7-18-12(10)11/h3-5,15H,6-7H2,1-2H3. The van der Waals surface area contributed by atoms with Crippen molar-refractivity contribution in [1.82, 2.24) is 5.16 Å². The number of hydrogen-bond donors (Lipinski definition) is 1. The zero-order valence-electron chi connectivity index (χ0n) is 11.1. The molecule has 1 aromatic carbocycles. The van der Waals surface area contributed by atoms with Crippen molar-refractivity contribution in [2.75, 3.05) is 11.3 Å². The Hall–Kier alpha value is -2.02. The van der Waals surface area contributed by atoms with Crippen LogP contribution >= 0.6 is 0 Å².